The van der Waals surface area contributed by atoms with Gasteiger partial charge in [-0.2, -0.15) is 0 Å². The molecule has 3 atom stereocenters. The Morgan fingerprint density at radius 1 is 1.17 bits per heavy atom. The Morgan fingerprint density at radius 3 is 2.62 bits per heavy atom. The molecule has 3 aliphatic carbocycles. The summed E-state index contributed by atoms with van der Waals surface area (Å²) in [4.78, 5) is 13.0. The van der Waals surface area contributed by atoms with Crippen LogP contribution in [0.5, 0.6) is 0 Å². The van der Waals surface area contributed by atoms with Gasteiger partial charge in [0, 0.05) is 16.5 Å². The minimum atomic E-state index is -0.616. The van der Waals surface area contributed by atoms with Gasteiger partial charge in [0.2, 0.25) is 5.78 Å². The highest BCUT2D eigenvalue weighted by molar-refractivity contribution is 6.12. The van der Waals surface area contributed by atoms with Crippen molar-refractivity contribution in [1.29, 1.82) is 0 Å². The number of hydrogen-bond donors (Lipinski definition) is 2. The van der Waals surface area contributed by atoms with Crippen molar-refractivity contribution in [3.05, 3.63) is 57.5 Å². The van der Waals surface area contributed by atoms with Gasteiger partial charge in [0.05, 0.1) is 18.5 Å². The lowest BCUT2D eigenvalue weighted by molar-refractivity contribution is 0.0900. The molecular weight excluding hydrogens is 304 g/mol. The van der Waals surface area contributed by atoms with Gasteiger partial charge in [-0.3, -0.25) is 4.79 Å². The fourth-order valence-electron chi connectivity index (χ4n) is 4.98. The molecule has 24 heavy (non-hydrogen) atoms. The second kappa shape index (κ2) is 4.58. The van der Waals surface area contributed by atoms with Crippen LogP contribution >= 0.6 is 0 Å². The summed E-state index contributed by atoms with van der Waals surface area (Å²) in [7, 11) is 0. The van der Waals surface area contributed by atoms with E-state index in [1.54, 1.807) is 12.3 Å². The van der Waals surface area contributed by atoms with Crippen LogP contribution in [0.2, 0.25) is 0 Å². The van der Waals surface area contributed by atoms with Crippen molar-refractivity contribution in [2.45, 2.75) is 56.7 Å². The van der Waals surface area contributed by atoms with Crippen molar-refractivity contribution < 1.29 is 19.4 Å². The number of hydrogen-bond acceptors (Lipinski definition) is 4. The summed E-state index contributed by atoms with van der Waals surface area (Å²) in [6.45, 7) is 2.17. The van der Waals surface area contributed by atoms with Gasteiger partial charge in [-0.05, 0) is 60.4 Å². The van der Waals surface area contributed by atoms with Crippen LogP contribution in [0.25, 0.3) is 0 Å². The molecule has 3 unspecified atom stereocenters. The standard InChI is InChI=1S/C20H20O4/c1-20-6-2-3-10-9-24-19(17(10)20)18(23)13-7-11-12(8-14(13)20)16(22)5-4-15(11)21/h7-9,15-16,21-22H,2-6H2,1H3. The average Bonchev–Trinajstić information content (AvgIpc) is 3.02. The van der Waals surface area contributed by atoms with E-state index in [4.69, 9.17) is 4.42 Å². The molecule has 2 aromatic rings. The molecule has 5 rings (SSSR count). The fraction of sp³-hybridized carbons (Fsp3) is 0.450. The Kier molecular flexibility index (Phi) is 2.76. The van der Waals surface area contributed by atoms with E-state index in [2.05, 4.69) is 6.92 Å². The predicted octanol–water partition coefficient (Wildman–Crippen LogP) is 3.33. The van der Waals surface area contributed by atoms with Crippen LogP contribution in [-0.4, -0.2) is 16.0 Å². The zero-order chi connectivity index (χ0) is 16.6. The molecule has 0 aliphatic heterocycles. The van der Waals surface area contributed by atoms with Gasteiger partial charge in [0.15, 0.2) is 5.76 Å². The number of fused-ring (bicyclic) bond motifs is 3. The molecule has 4 nitrogen and oxygen atoms in total. The van der Waals surface area contributed by atoms with Crippen molar-refractivity contribution in [3.8, 4) is 0 Å². The monoisotopic (exact) mass is 324 g/mol. The number of carbonyl (C=O) groups is 1. The molecule has 0 radical (unpaired) electrons. The molecule has 1 aromatic carbocycles. The highest BCUT2D eigenvalue weighted by Gasteiger charge is 2.46. The second-order valence-corrected chi connectivity index (χ2v) is 7.62. The van der Waals surface area contributed by atoms with Crippen LogP contribution in [-0.2, 0) is 11.8 Å². The van der Waals surface area contributed by atoms with Gasteiger partial charge in [-0.25, -0.2) is 0 Å². The van der Waals surface area contributed by atoms with E-state index < -0.39 is 12.2 Å². The lowest BCUT2D eigenvalue weighted by Gasteiger charge is -2.40. The van der Waals surface area contributed by atoms with E-state index in [9.17, 15) is 15.0 Å². The van der Waals surface area contributed by atoms with Gasteiger partial charge in [-0.15, -0.1) is 0 Å². The quantitative estimate of drug-likeness (QED) is 0.780. The third kappa shape index (κ3) is 1.63. The van der Waals surface area contributed by atoms with E-state index in [0.717, 1.165) is 41.5 Å². The Balaban J connectivity index is 1.82. The van der Waals surface area contributed by atoms with E-state index >= 15 is 0 Å². The topological polar surface area (TPSA) is 70.7 Å². The number of aryl methyl sites for hydroxylation is 1. The number of rotatable bonds is 0. The number of ketones is 1. The zero-order valence-corrected chi connectivity index (χ0v) is 13.6. The van der Waals surface area contributed by atoms with E-state index in [1.165, 1.54) is 0 Å². The Morgan fingerprint density at radius 2 is 1.88 bits per heavy atom. The summed E-state index contributed by atoms with van der Waals surface area (Å²) in [5, 5.41) is 20.7. The molecule has 0 saturated carbocycles. The Labute approximate surface area is 140 Å². The maximum Gasteiger partial charge on any atom is 0.228 e. The molecule has 1 aromatic heterocycles. The summed E-state index contributed by atoms with van der Waals surface area (Å²) in [5.41, 5.74) is 4.99. The molecule has 0 bridgehead atoms. The lowest BCUT2D eigenvalue weighted by Crippen LogP contribution is -2.36. The first-order valence-corrected chi connectivity index (χ1v) is 8.70. The third-order valence-corrected chi connectivity index (χ3v) is 6.24. The largest absolute Gasteiger partial charge is 0.460 e. The molecule has 4 heteroatoms. The molecule has 0 spiro atoms. The molecular formula is C20H20O4. The molecule has 3 aliphatic rings. The maximum absolute atomic E-state index is 13.0. The first-order chi connectivity index (χ1) is 11.5. The Bertz CT molecular complexity index is 878. The summed E-state index contributed by atoms with van der Waals surface area (Å²) in [6.07, 6.45) is 4.59. The highest BCUT2D eigenvalue weighted by Crippen LogP contribution is 2.51. The first-order valence-electron chi connectivity index (χ1n) is 8.70. The Hall–Kier alpha value is -1.91. The van der Waals surface area contributed by atoms with Gasteiger partial charge >= 0.3 is 0 Å². The van der Waals surface area contributed by atoms with Crippen LogP contribution in [0.4, 0.5) is 0 Å². The number of carbonyl (C=O) groups excluding carboxylic acids is 1. The third-order valence-electron chi connectivity index (χ3n) is 6.24. The van der Waals surface area contributed by atoms with Gasteiger partial charge in [0.25, 0.3) is 0 Å². The van der Waals surface area contributed by atoms with Crippen LogP contribution in [0.1, 0.15) is 88.8 Å². The van der Waals surface area contributed by atoms with Crippen LogP contribution in [0, 0.1) is 0 Å². The number of aliphatic hydroxyl groups excluding tert-OH is 2. The second-order valence-electron chi connectivity index (χ2n) is 7.62. The smallest absolute Gasteiger partial charge is 0.228 e. The molecule has 2 N–H and O–H groups in total. The molecule has 0 saturated heterocycles. The van der Waals surface area contributed by atoms with Crippen molar-refractivity contribution in [1.82, 2.24) is 0 Å². The van der Waals surface area contributed by atoms with E-state index in [1.807, 2.05) is 6.07 Å². The fourth-order valence-corrected chi connectivity index (χ4v) is 4.98. The van der Waals surface area contributed by atoms with Crippen LogP contribution < -0.4 is 0 Å². The minimum absolute atomic E-state index is 0.0966. The van der Waals surface area contributed by atoms with E-state index in [-0.39, 0.29) is 11.2 Å². The summed E-state index contributed by atoms with van der Waals surface area (Å²) < 4.78 is 5.65. The summed E-state index contributed by atoms with van der Waals surface area (Å²) in [5.74, 6) is 0.367. The molecule has 0 amide bonds. The van der Waals surface area contributed by atoms with Crippen molar-refractivity contribution in [2.24, 2.45) is 0 Å². The predicted molar refractivity (Wildman–Crippen MR) is 87.1 cm³/mol. The SMILES string of the molecule is CC12CCCc3coc(c31)C(=O)c1cc3c(cc12)C(O)CCC3O. The normalized spacial score (nSPS) is 30.5. The minimum Gasteiger partial charge on any atom is -0.460 e. The number of benzene rings is 1. The van der Waals surface area contributed by atoms with Crippen LogP contribution in [0.15, 0.2) is 22.8 Å². The summed E-state index contributed by atoms with van der Waals surface area (Å²) >= 11 is 0. The first kappa shape index (κ1) is 14.4. The van der Waals surface area contributed by atoms with Crippen molar-refractivity contribution in [2.75, 3.05) is 0 Å². The van der Waals surface area contributed by atoms with Crippen molar-refractivity contribution in [3.63, 3.8) is 0 Å². The maximum atomic E-state index is 13.0. The van der Waals surface area contributed by atoms with Crippen molar-refractivity contribution >= 4 is 5.78 Å². The van der Waals surface area contributed by atoms with Gasteiger partial charge in [-0.1, -0.05) is 13.0 Å². The zero-order valence-electron chi connectivity index (χ0n) is 13.6. The molecule has 124 valence electrons. The highest BCUT2D eigenvalue weighted by atomic mass is 16.3. The average molecular weight is 324 g/mol. The lowest BCUT2D eigenvalue weighted by atomic mass is 9.62. The molecule has 0 fully saturated rings. The molecule has 1 heterocycles. The number of aliphatic hydroxyl groups is 2. The summed E-state index contributed by atoms with van der Waals surface area (Å²) in [6, 6.07) is 3.77. The van der Waals surface area contributed by atoms with E-state index in [0.29, 0.717) is 29.7 Å². The number of furan rings is 1. The van der Waals surface area contributed by atoms with Gasteiger partial charge < -0.3 is 14.6 Å². The van der Waals surface area contributed by atoms with Crippen LogP contribution in [0.3, 0.4) is 0 Å². The van der Waals surface area contributed by atoms with Gasteiger partial charge in [0.1, 0.15) is 0 Å².